The van der Waals surface area contributed by atoms with Crippen LogP contribution in [0.25, 0.3) is 0 Å². The van der Waals surface area contributed by atoms with Crippen molar-refractivity contribution < 1.29 is 33.6 Å². The van der Waals surface area contributed by atoms with Gasteiger partial charge in [0.05, 0.1) is 45.1 Å². The van der Waals surface area contributed by atoms with E-state index in [1.807, 2.05) is 28.7 Å². The number of non-ortho nitro benzene ring substituents is 1. The number of aromatic nitrogens is 1. The average Bonchev–Trinajstić information content (AvgIpc) is 2.95. The summed E-state index contributed by atoms with van der Waals surface area (Å²) in [6.07, 6.45) is 1.32. The van der Waals surface area contributed by atoms with Gasteiger partial charge in [0.2, 0.25) is 11.6 Å². The third-order valence-corrected chi connectivity index (χ3v) is 7.18. The van der Waals surface area contributed by atoms with Gasteiger partial charge in [0, 0.05) is 23.2 Å². The number of nitriles is 1. The van der Waals surface area contributed by atoms with Gasteiger partial charge >= 0.3 is 5.69 Å². The van der Waals surface area contributed by atoms with E-state index >= 15 is 0 Å². The second-order valence-corrected chi connectivity index (χ2v) is 10.1. The number of nitrogens with one attached hydrogen (secondary N) is 1. The molecule has 0 aliphatic heterocycles. The molecule has 2 aromatic carbocycles. The second-order valence-electron chi connectivity index (χ2n) is 8.10. The highest BCUT2D eigenvalue weighted by Gasteiger charge is 2.23. The summed E-state index contributed by atoms with van der Waals surface area (Å²) in [5.74, 6) is -0.563. The SMILES string of the molecule is COCc1c(Br)c(C)nc(OCC(=O)N/N=C\c2cc(I)c(Oc3ccc([N+](=O)[O-])cc3[N+](=O)[O-])c(OC)c2)c1C#N. The monoisotopic (exact) mass is 754 g/mol. The van der Waals surface area contributed by atoms with E-state index in [1.165, 1.54) is 26.5 Å². The van der Waals surface area contributed by atoms with Gasteiger partial charge in [0.1, 0.15) is 11.6 Å². The number of hydrogen-bond donors (Lipinski definition) is 1. The lowest BCUT2D eigenvalue weighted by Gasteiger charge is -2.13. The fourth-order valence-corrected chi connectivity index (χ4v) is 4.57. The van der Waals surface area contributed by atoms with Gasteiger partial charge in [0.25, 0.3) is 11.6 Å². The molecule has 1 amide bonds. The first kappa shape index (κ1) is 32.1. The summed E-state index contributed by atoms with van der Waals surface area (Å²) in [5.41, 5.74) is 2.95. The summed E-state index contributed by atoms with van der Waals surface area (Å²) in [4.78, 5) is 37.5. The van der Waals surface area contributed by atoms with Crippen LogP contribution in [0.5, 0.6) is 23.1 Å². The fraction of sp³-hybridized carbons (Fsp3) is 0.200. The number of nitro benzene ring substituents is 2. The van der Waals surface area contributed by atoms with Crippen LogP contribution in [0.4, 0.5) is 11.4 Å². The predicted molar refractivity (Wildman–Crippen MR) is 159 cm³/mol. The van der Waals surface area contributed by atoms with Crippen LogP contribution in [-0.2, 0) is 16.1 Å². The number of rotatable bonds is 12. The largest absolute Gasteiger partial charge is 0.493 e. The number of hydrazone groups is 1. The number of methoxy groups -OCH3 is 2. The molecule has 0 aliphatic carbocycles. The van der Waals surface area contributed by atoms with E-state index in [2.05, 4.69) is 31.4 Å². The highest BCUT2D eigenvalue weighted by molar-refractivity contribution is 14.1. The molecule has 0 saturated carbocycles. The standard InChI is InChI=1S/C25H20BrIN6O9/c1-13-23(26)17(11-39-2)16(9-28)25(30-13)41-12-22(34)31-29-10-14-6-18(27)24(21(7-14)40-3)42-20-5-4-15(32(35)36)8-19(20)33(37)38/h4-8,10H,11-12H2,1-3H3,(H,31,34)/b29-10-. The van der Waals surface area contributed by atoms with Crippen LogP contribution < -0.4 is 19.6 Å². The summed E-state index contributed by atoms with van der Waals surface area (Å²) in [5, 5.41) is 35.9. The minimum Gasteiger partial charge on any atom is -0.493 e. The molecule has 3 aromatic rings. The summed E-state index contributed by atoms with van der Waals surface area (Å²) in [7, 11) is 2.84. The predicted octanol–water partition coefficient (Wildman–Crippen LogP) is 4.92. The van der Waals surface area contributed by atoms with Gasteiger partial charge < -0.3 is 18.9 Å². The van der Waals surface area contributed by atoms with Gasteiger partial charge in [-0.1, -0.05) is 0 Å². The Labute approximate surface area is 260 Å². The normalized spacial score (nSPS) is 10.7. The molecular weight excluding hydrogens is 735 g/mol. The molecule has 3 rings (SSSR count). The van der Waals surface area contributed by atoms with Gasteiger partial charge in [-0.05, 0) is 69.2 Å². The van der Waals surface area contributed by atoms with Gasteiger partial charge in [0.15, 0.2) is 18.1 Å². The Morgan fingerprint density at radius 2 is 1.95 bits per heavy atom. The molecule has 17 heteroatoms. The summed E-state index contributed by atoms with van der Waals surface area (Å²) in [6.45, 7) is 1.37. The van der Waals surface area contributed by atoms with Gasteiger partial charge in [-0.25, -0.2) is 10.4 Å². The van der Waals surface area contributed by atoms with E-state index in [0.717, 1.165) is 18.2 Å². The molecule has 0 fully saturated rings. The Morgan fingerprint density at radius 3 is 2.57 bits per heavy atom. The summed E-state index contributed by atoms with van der Waals surface area (Å²) < 4.78 is 22.8. The third kappa shape index (κ3) is 7.65. The molecule has 1 N–H and O–H groups in total. The van der Waals surface area contributed by atoms with Crippen molar-refractivity contribution in [1.29, 1.82) is 5.26 Å². The van der Waals surface area contributed by atoms with E-state index in [9.17, 15) is 30.3 Å². The van der Waals surface area contributed by atoms with Crippen molar-refractivity contribution >= 4 is 62.0 Å². The number of ether oxygens (including phenoxy) is 4. The number of nitro groups is 2. The highest BCUT2D eigenvalue weighted by Crippen LogP contribution is 2.41. The molecule has 1 aromatic heterocycles. The zero-order valence-corrected chi connectivity index (χ0v) is 25.8. The summed E-state index contributed by atoms with van der Waals surface area (Å²) in [6, 6.07) is 8.14. The van der Waals surface area contributed by atoms with Crippen molar-refractivity contribution in [3.63, 3.8) is 0 Å². The topological polar surface area (TPSA) is 201 Å². The molecule has 0 atom stereocenters. The van der Waals surface area contributed by atoms with Crippen LogP contribution in [0.1, 0.15) is 22.4 Å². The Balaban J connectivity index is 1.73. The van der Waals surface area contributed by atoms with Gasteiger partial charge in [-0.3, -0.25) is 25.0 Å². The Kier molecular flexibility index (Phi) is 11.1. The number of aryl methyl sites for hydroxylation is 1. The lowest BCUT2D eigenvalue weighted by molar-refractivity contribution is -0.394. The Morgan fingerprint density at radius 1 is 1.21 bits per heavy atom. The zero-order valence-electron chi connectivity index (χ0n) is 22.0. The number of carbonyl (C=O) groups is 1. The molecule has 0 bridgehead atoms. The van der Waals surface area contributed by atoms with Crippen LogP contribution >= 0.6 is 38.5 Å². The van der Waals surface area contributed by atoms with Crippen LogP contribution in [0.2, 0.25) is 0 Å². The molecule has 0 spiro atoms. The average molecular weight is 755 g/mol. The van der Waals surface area contributed by atoms with E-state index in [0.29, 0.717) is 24.9 Å². The first-order valence-electron chi connectivity index (χ1n) is 11.5. The fourth-order valence-electron chi connectivity index (χ4n) is 3.43. The lowest BCUT2D eigenvalue weighted by Crippen LogP contribution is -2.25. The van der Waals surface area contributed by atoms with Crippen LogP contribution in [0.3, 0.4) is 0 Å². The number of amides is 1. The molecule has 42 heavy (non-hydrogen) atoms. The zero-order chi connectivity index (χ0) is 31.0. The quantitative estimate of drug-likeness (QED) is 0.114. The van der Waals surface area contributed by atoms with Crippen molar-refractivity contribution in [1.82, 2.24) is 10.4 Å². The number of nitrogens with zero attached hydrogens (tertiary/aromatic N) is 5. The molecule has 0 saturated heterocycles. The maximum Gasteiger partial charge on any atom is 0.318 e. The second kappa shape index (κ2) is 14.5. The van der Waals surface area contributed by atoms with Crippen LogP contribution in [0, 0.1) is 42.1 Å². The number of benzene rings is 2. The smallest absolute Gasteiger partial charge is 0.318 e. The molecule has 218 valence electrons. The van der Waals surface area contributed by atoms with Gasteiger partial charge in [-0.2, -0.15) is 10.4 Å². The van der Waals surface area contributed by atoms with Crippen molar-refractivity contribution in [2.75, 3.05) is 20.8 Å². The summed E-state index contributed by atoms with van der Waals surface area (Å²) >= 11 is 5.30. The van der Waals surface area contributed by atoms with E-state index in [4.69, 9.17) is 18.9 Å². The number of halogens is 2. The lowest BCUT2D eigenvalue weighted by atomic mass is 10.1. The number of pyridine rings is 1. The maximum absolute atomic E-state index is 12.3. The molecule has 0 unspecified atom stereocenters. The molecule has 0 radical (unpaired) electrons. The van der Waals surface area contributed by atoms with Crippen LogP contribution in [0.15, 0.2) is 39.9 Å². The van der Waals surface area contributed by atoms with Crippen molar-refractivity contribution in [3.05, 3.63) is 81.0 Å². The first-order chi connectivity index (χ1) is 20.0. The molecule has 1 heterocycles. The molecule has 15 nitrogen and oxygen atoms in total. The van der Waals surface area contributed by atoms with E-state index in [1.54, 1.807) is 13.0 Å². The Bertz CT molecular complexity index is 1630. The Hall–Kier alpha value is -4.41. The molecular formula is C25H20BrIN6O9. The minimum atomic E-state index is -0.789. The van der Waals surface area contributed by atoms with Crippen molar-refractivity contribution in [2.24, 2.45) is 5.10 Å². The van der Waals surface area contributed by atoms with Crippen LogP contribution in [-0.4, -0.2) is 47.8 Å². The van der Waals surface area contributed by atoms with Gasteiger partial charge in [-0.15, -0.1) is 0 Å². The third-order valence-electron chi connectivity index (χ3n) is 5.32. The number of hydrogen-bond acceptors (Lipinski definition) is 12. The van der Waals surface area contributed by atoms with Crippen molar-refractivity contribution in [3.8, 4) is 29.2 Å². The number of carbonyl (C=O) groups excluding carboxylic acids is 1. The minimum absolute atomic E-state index is 0.0208. The first-order valence-corrected chi connectivity index (χ1v) is 13.4. The molecule has 0 aliphatic rings. The maximum atomic E-state index is 12.3. The van der Waals surface area contributed by atoms with Crippen molar-refractivity contribution in [2.45, 2.75) is 13.5 Å². The highest BCUT2D eigenvalue weighted by atomic mass is 127. The van der Waals surface area contributed by atoms with E-state index < -0.39 is 33.7 Å². The van der Waals surface area contributed by atoms with E-state index in [-0.39, 0.29) is 35.3 Å².